The largest absolute Gasteiger partial charge is 0.480 e. The first-order valence-corrected chi connectivity index (χ1v) is 6.88. The van der Waals surface area contributed by atoms with Crippen LogP contribution in [0.15, 0.2) is 24.3 Å². The number of benzene rings is 1. The van der Waals surface area contributed by atoms with Crippen molar-refractivity contribution in [1.82, 2.24) is 10.2 Å². The Hall–Kier alpha value is -2.25. The lowest BCUT2D eigenvalue weighted by molar-refractivity contribution is -0.141. The Kier molecular flexibility index (Phi) is 6.00. The monoisotopic (exact) mass is 332 g/mol. The maximum atomic E-state index is 12.9. The molecule has 0 aromatic heterocycles. The van der Waals surface area contributed by atoms with Gasteiger partial charge in [-0.25, -0.2) is 0 Å². The normalized spacial score (nSPS) is 13.9. The van der Waals surface area contributed by atoms with Gasteiger partial charge in [0.2, 0.25) is 5.91 Å². The van der Waals surface area contributed by atoms with E-state index in [9.17, 15) is 22.8 Å². The molecule has 0 fully saturated rings. The molecule has 0 saturated carbocycles. The second kappa shape index (κ2) is 7.34. The van der Waals surface area contributed by atoms with Gasteiger partial charge in [-0.2, -0.15) is 13.2 Å². The zero-order valence-electron chi connectivity index (χ0n) is 13.3. The third-order valence-corrected chi connectivity index (χ3v) is 3.04. The van der Waals surface area contributed by atoms with Gasteiger partial charge in [0.05, 0.1) is 5.56 Å². The molecule has 0 bridgehead atoms. The third kappa shape index (κ3) is 5.15. The van der Waals surface area contributed by atoms with Gasteiger partial charge in [0.15, 0.2) is 6.10 Å². The van der Waals surface area contributed by atoms with Gasteiger partial charge in [-0.05, 0) is 26.0 Å². The molecule has 1 aromatic carbocycles. The van der Waals surface area contributed by atoms with Crippen molar-refractivity contribution in [2.75, 3.05) is 14.1 Å². The quantitative estimate of drug-likeness (QED) is 0.898. The number of ether oxygens (including phenoxy) is 1. The average Bonchev–Trinajstić information content (AvgIpc) is 2.45. The van der Waals surface area contributed by atoms with Crippen molar-refractivity contribution in [1.29, 1.82) is 0 Å². The summed E-state index contributed by atoms with van der Waals surface area (Å²) in [5.41, 5.74) is -0.961. The van der Waals surface area contributed by atoms with Gasteiger partial charge in [0.1, 0.15) is 11.8 Å². The number of rotatable bonds is 5. The summed E-state index contributed by atoms with van der Waals surface area (Å²) < 4.78 is 43.7. The highest BCUT2D eigenvalue weighted by Crippen LogP contribution is 2.36. The maximum Gasteiger partial charge on any atom is 0.419 e. The Balaban J connectivity index is 2.79. The van der Waals surface area contributed by atoms with Crippen LogP contribution in [0.4, 0.5) is 13.2 Å². The topological polar surface area (TPSA) is 58.6 Å². The molecule has 1 rings (SSSR count). The van der Waals surface area contributed by atoms with Crippen molar-refractivity contribution >= 4 is 11.8 Å². The van der Waals surface area contributed by atoms with E-state index in [2.05, 4.69) is 5.32 Å². The van der Waals surface area contributed by atoms with Crippen molar-refractivity contribution in [3.8, 4) is 5.75 Å². The van der Waals surface area contributed by atoms with E-state index >= 15 is 0 Å². The summed E-state index contributed by atoms with van der Waals surface area (Å²) in [5.74, 6) is -1.44. The molecule has 1 N–H and O–H groups in total. The van der Waals surface area contributed by atoms with E-state index in [0.717, 1.165) is 12.1 Å². The fourth-order valence-corrected chi connectivity index (χ4v) is 1.83. The summed E-state index contributed by atoms with van der Waals surface area (Å²) in [7, 11) is 3.06. The fraction of sp³-hybridized carbons (Fsp3) is 0.467. The highest BCUT2D eigenvalue weighted by atomic mass is 19.4. The fourth-order valence-electron chi connectivity index (χ4n) is 1.83. The molecule has 0 aliphatic carbocycles. The molecular formula is C15H19F3N2O3. The standard InChI is InChI=1S/C15H19F3N2O3/c1-9(14(22)20(3)4)19-13(21)10(2)23-12-8-6-5-7-11(12)15(16,17)18/h5-10H,1-4H3,(H,19,21)/t9-,10-/m1/s1. The van der Waals surface area contributed by atoms with E-state index in [-0.39, 0.29) is 5.91 Å². The minimum absolute atomic E-state index is 0.332. The van der Waals surface area contributed by atoms with E-state index in [0.29, 0.717) is 0 Å². The van der Waals surface area contributed by atoms with E-state index < -0.39 is 35.5 Å². The van der Waals surface area contributed by atoms with Crippen LogP contribution in [0.5, 0.6) is 5.75 Å². The van der Waals surface area contributed by atoms with E-state index in [1.54, 1.807) is 0 Å². The molecule has 23 heavy (non-hydrogen) atoms. The number of nitrogens with one attached hydrogen (secondary N) is 1. The molecule has 0 unspecified atom stereocenters. The lowest BCUT2D eigenvalue weighted by Gasteiger charge is -2.21. The average molecular weight is 332 g/mol. The molecule has 8 heteroatoms. The molecule has 0 aliphatic heterocycles. The molecule has 0 aliphatic rings. The Labute approximate surface area is 132 Å². The second-order valence-electron chi connectivity index (χ2n) is 5.22. The SMILES string of the molecule is C[C@@H](NC(=O)[C@@H](C)Oc1ccccc1C(F)(F)F)C(=O)N(C)C. The molecular weight excluding hydrogens is 313 g/mol. The van der Waals surface area contributed by atoms with Crippen molar-refractivity contribution in [3.05, 3.63) is 29.8 Å². The molecule has 0 spiro atoms. The first-order valence-electron chi connectivity index (χ1n) is 6.88. The summed E-state index contributed by atoms with van der Waals surface area (Å²) in [6.45, 7) is 2.80. The van der Waals surface area contributed by atoms with Crippen molar-refractivity contribution in [2.24, 2.45) is 0 Å². The van der Waals surface area contributed by atoms with Crippen molar-refractivity contribution in [3.63, 3.8) is 0 Å². The number of alkyl halides is 3. The number of amides is 2. The van der Waals surface area contributed by atoms with Crippen LogP contribution in [0.1, 0.15) is 19.4 Å². The predicted octanol–water partition coefficient (Wildman–Crippen LogP) is 2.07. The van der Waals surface area contributed by atoms with Gasteiger partial charge in [-0.1, -0.05) is 12.1 Å². The van der Waals surface area contributed by atoms with E-state index in [4.69, 9.17) is 4.74 Å². The minimum atomic E-state index is -4.58. The number of likely N-dealkylation sites (N-methyl/N-ethyl adjacent to an activating group) is 1. The summed E-state index contributed by atoms with van der Waals surface area (Å²) >= 11 is 0. The molecule has 2 amide bonds. The smallest absolute Gasteiger partial charge is 0.419 e. The minimum Gasteiger partial charge on any atom is -0.480 e. The number of halogens is 3. The van der Waals surface area contributed by atoms with Crippen LogP contribution in [0, 0.1) is 0 Å². The number of carbonyl (C=O) groups excluding carboxylic acids is 2. The van der Waals surface area contributed by atoms with Gasteiger partial charge in [0, 0.05) is 14.1 Å². The van der Waals surface area contributed by atoms with Crippen molar-refractivity contribution < 1.29 is 27.5 Å². The van der Waals surface area contributed by atoms with Crippen LogP contribution in [-0.2, 0) is 15.8 Å². The lowest BCUT2D eigenvalue weighted by Crippen LogP contribution is -2.48. The Morgan fingerprint density at radius 2 is 1.74 bits per heavy atom. The van der Waals surface area contributed by atoms with Gasteiger partial charge in [-0.3, -0.25) is 9.59 Å². The van der Waals surface area contributed by atoms with Crippen LogP contribution in [0.3, 0.4) is 0 Å². The molecule has 5 nitrogen and oxygen atoms in total. The zero-order chi connectivity index (χ0) is 17.8. The van der Waals surface area contributed by atoms with Crippen LogP contribution in [0.2, 0.25) is 0 Å². The maximum absolute atomic E-state index is 12.9. The van der Waals surface area contributed by atoms with Gasteiger partial charge >= 0.3 is 6.18 Å². The first-order chi connectivity index (χ1) is 10.5. The highest BCUT2D eigenvalue weighted by Gasteiger charge is 2.35. The summed E-state index contributed by atoms with van der Waals surface area (Å²) in [6, 6.07) is 3.83. The van der Waals surface area contributed by atoms with Crippen molar-refractivity contribution in [2.45, 2.75) is 32.2 Å². The van der Waals surface area contributed by atoms with Crippen LogP contribution in [0.25, 0.3) is 0 Å². The Bertz CT molecular complexity index is 573. The van der Waals surface area contributed by atoms with E-state index in [1.807, 2.05) is 0 Å². The van der Waals surface area contributed by atoms with Crippen LogP contribution >= 0.6 is 0 Å². The lowest BCUT2D eigenvalue weighted by atomic mass is 10.2. The van der Waals surface area contributed by atoms with E-state index in [1.165, 1.54) is 45.0 Å². The first kappa shape index (κ1) is 18.8. The number of nitrogens with zero attached hydrogens (tertiary/aromatic N) is 1. The number of hydrogen-bond acceptors (Lipinski definition) is 3. The number of hydrogen-bond donors (Lipinski definition) is 1. The van der Waals surface area contributed by atoms with Gasteiger partial charge in [-0.15, -0.1) is 0 Å². The van der Waals surface area contributed by atoms with Gasteiger partial charge < -0.3 is 15.0 Å². The Morgan fingerprint density at radius 1 is 1.17 bits per heavy atom. The molecule has 128 valence electrons. The number of para-hydroxylation sites is 1. The van der Waals surface area contributed by atoms with Crippen LogP contribution in [-0.4, -0.2) is 43.0 Å². The summed E-state index contributed by atoms with van der Waals surface area (Å²) in [6.07, 6.45) is -5.77. The molecule has 1 aromatic rings. The molecule has 0 heterocycles. The molecule has 0 radical (unpaired) electrons. The highest BCUT2D eigenvalue weighted by molar-refractivity contribution is 5.88. The predicted molar refractivity (Wildman–Crippen MR) is 77.8 cm³/mol. The number of carbonyl (C=O) groups is 2. The van der Waals surface area contributed by atoms with Gasteiger partial charge in [0.25, 0.3) is 5.91 Å². The summed E-state index contributed by atoms with van der Waals surface area (Å²) in [4.78, 5) is 24.9. The Morgan fingerprint density at radius 3 is 2.26 bits per heavy atom. The second-order valence-corrected chi connectivity index (χ2v) is 5.22. The molecule has 0 saturated heterocycles. The zero-order valence-corrected chi connectivity index (χ0v) is 13.3. The summed E-state index contributed by atoms with van der Waals surface area (Å²) in [5, 5.41) is 2.40. The third-order valence-electron chi connectivity index (χ3n) is 3.04. The van der Waals surface area contributed by atoms with Crippen LogP contribution < -0.4 is 10.1 Å². The molecule has 2 atom stereocenters.